The van der Waals surface area contributed by atoms with Crippen LogP contribution in [0.3, 0.4) is 0 Å². The minimum Gasteiger partial charge on any atom is -0.492 e. The molecule has 0 saturated carbocycles. The first-order valence-corrected chi connectivity index (χ1v) is 9.65. The summed E-state index contributed by atoms with van der Waals surface area (Å²) in [5, 5.41) is 8.90. The minimum absolute atomic E-state index is 0.667. The smallest absolute Gasteiger partial charge is 0.137 e. The van der Waals surface area contributed by atoms with Gasteiger partial charge in [-0.25, -0.2) is 0 Å². The molecule has 0 atom stereocenters. The number of unbranched alkanes of at least 4 members (excludes halogenated alkanes) is 1. The van der Waals surface area contributed by atoms with Gasteiger partial charge in [0.25, 0.3) is 0 Å². The van der Waals surface area contributed by atoms with E-state index in [1.54, 1.807) is 6.20 Å². The second-order valence-corrected chi connectivity index (χ2v) is 6.54. The summed E-state index contributed by atoms with van der Waals surface area (Å²) in [6.07, 6.45) is 9.36. The fraction of sp³-hybridized carbons (Fsp3) is 0.200. The molecule has 0 amide bonds. The van der Waals surface area contributed by atoms with E-state index in [9.17, 15) is 0 Å². The highest BCUT2D eigenvalue weighted by Gasteiger charge is 2.03. The Morgan fingerprint density at radius 2 is 1.50 bits per heavy atom. The lowest BCUT2D eigenvalue weighted by Crippen LogP contribution is -1.96. The second kappa shape index (κ2) is 10.1. The molecule has 0 aliphatic rings. The Kier molecular flexibility index (Phi) is 6.98. The summed E-state index contributed by atoms with van der Waals surface area (Å²) in [6.45, 7) is 2.84. The summed E-state index contributed by atoms with van der Waals surface area (Å²) in [4.78, 5) is 4.52. The first-order valence-electron chi connectivity index (χ1n) is 9.65. The topological polar surface area (TPSA) is 45.9 Å². The molecule has 0 N–H and O–H groups in total. The third-order valence-electron chi connectivity index (χ3n) is 4.44. The lowest BCUT2D eigenvalue weighted by atomic mass is 10.0. The van der Waals surface area contributed by atoms with Crippen LogP contribution in [-0.2, 0) is 0 Å². The van der Waals surface area contributed by atoms with Crippen LogP contribution in [0.25, 0.3) is 22.4 Å². The first-order chi connectivity index (χ1) is 13.8. The van der Waals surface area contributed by atoms with Gasteiger partial charge < -0.3 is 4.74 Å². The van der Waals surface area contributed by atoms with Crippen LogP contribution in [0.1, 0.15) is 31.7 Å². The highest BCUT2D eigenvalue weighted by Crippen LogP contribution is 2.25. The average molecular weight is 368 g/mol. The fourth-order valence-electron chi connectivity index (χ4n) is 2.85. The SMILES string of the molecule is CCCC=CCCOc1ccc(-c2ccc(-c3ccc(C#N)cc3)cc2)nc1. The van der Waals surface area contributed by atoms with Gasteiger partial charge in [-0.3, -0.25) is 4.98 Å². The zero-order valence-electron chi connectivity index (χ0n) is 16.1. The summed E-state index contributed by atoms with van der Waals surface area (Å²) in [5.41, 5.74) is 4.86. The van der Waals surface area contributed by atoms with Gasteiger partial charge in [-0.2, -0.15) is 5.26 Å². The Morgan fingerprint density at radius 1 is 0.857 bits per heavy atom. The number of ether oxygens (including phenoxy) is 1. The first kappa shape index (κ1) is 19.4. The number of hydrogen-bond acceptors (Lipinski definition) is 3. The maximum absolute atomic E-state index is 8.90. The van der Waals surface area contributed by atoms with Crippen molar-refractivity contribution in [3.8, 4) is 34.2 Å². The molecular weight excluding hydrogens is 344 g/mol. The summed E-state index contributed by atoms with van der Waals surface area (Å²) in [5.74, 6) is 0.793. The Labute approximate surface area is 167 Å². The molecule has 3 rings (SSSR count). The molecule has 1 heterocycles. The number of benzene rings is 2. The molecule has 3 heteroatoms. The quantitative estimate of drug-likeness (QED) is 0.341. The molecule has 28 heavy (non-hydrogen) atoms. The highest BCUT2D eigenvalue weighted by atomic mass is 16.5. The molecule has 0 fully saturated rings. The monoisotopic (exact) mass is 368 g/mol. The van der Waals surface area contributed by atoms with Gasteiger partial charge in [-0.15, -0.1) is 0 Å². The molecule has 0 saturated heterocycles. The molecule has 3 aromatic rings. The molecule has 0 aliphatic carbocycles. The predicted octanol–water partition coefficient (Wildman–Crippen LogP) is 6.41. The van der Waals surface area contributed by atoms with E-state index in [0.29, 0.717) is 12.2 Å². The van der Waals surface area contributed by atoms with Crippen LogP contribution in [0.5, 0.6) is 5.75 Å². The normalized spacial score (nSPS) is 10.7. The highest BCUT2D eigenvalue weighted by molar-refractivity contribution is 5.69. The van der Waals surface area contributed by atoms with E-state index < -0.39 is 0 Å². The number of rotatable bonds is 8. The van der Waals surface area contributed by atoms with Gasteiger partial charge in [0.05, 0.1) is 30.1 Å². The van der Waals surface area contributed by atoms with Crippen molar-refractivity contribution in [3.05, 3.63) is 84.6 Å². The summed E-state index contributed by atoms with van der Waals surface area (Å²) < 4.78 is 5.74. The zero-order chi connectivity index (χ0) is 19.6. The van der Waals surface area contributed by atoms with Gasteiger partial charge in [0.2, 0.25) is 0 Å². The Morgan fingerprint density at radius 3 is 2.11 bits per heavy atom. The summed E-state index contributed by atoms with van der Waals surface area (Å²) in [6, 6.07) is 22.0. The number of aromatic nitrogens is 1. The van der Waals surface area contributed by atoms with Crippen molar-refractivity contribution in [1.82, 2.24) is 4.98 Å². The lowest BCUT2D eigenvalue weighted by molar-refractivity contribution is 0.323. The number of allylic oxidation sites excluding steroid dienone is 1. The van der Waals surface area contributed by atoms with Crippen LogP contribution in [0.2, 0.25) is 0 Å². The molecule has 140 valence electrons. The number of hydrogen-bond donors (Lipinski definition) is 0. The molecule has 0 aliphatic heterocycles. The molecule has 0 radical (unpaired) electrons. The van der Waals surface area contributed by atoms with Gasteiger partial charge >= 0.3 is 0 Å². The largest absolute Gasteiger partial charge is 0.492 e. The number of nitrogens with zero attached hydrogens (tertiary/aromatic N) is 2. The van der Waals surface area contributed by atoms with Crippen LogP contribution < -0.4 is 4.74 Å². The van der Waals surface area contributed by atoms with E-state index >= 15 is 0 Å². The molecular formula is C25H24N2O. The van der Waals surface area contributed by atoms with Crippen LogP contribution in [0.15, 0.2) is 79.0 Å². The summed E-state index contributed by atoms with van der Waals surface area (Å²) >= 11 is 0. The third-order valence-corrected chi connectivity index (χ3v) is 4.44. The van der Waals surface area contributed by atoms with Crippen molar-refractivity contribution in [2.24, 2.45) is 0 Å². The zero-order valence-corrected chi connectivity index (χ0v) is 16.1. The van der Waals surface area contributed by atoms with Crippen molar-refractivity contribution < 1.29 is 4.74 Å². The molecule has 2 aromatic carbocycles. The van der Waals surface area contributed by atoms with Crippen molar-refractivity contribution in [1.29, 1.82) is 5.26 Å². The van der Waals surface area contributed by atoms with Gasteiger partial charge in [-0.05, 0) is 48.2 Å². The van der Waals surface area contributed by atoms with E-state index in [4.69, 9.17) is 10.00 Å². The Hall–Kier alpha value is -3.38. The van der Waals surface area contributed by atoms with Gasteiger partial charge in [0.15, 0.2) is 0 Å². The van der Waals surface area contributed by atoms with E-state index in [1.165, 1.54) is 6.42 Å². The third kappa shape index (κ3) is 5.31. The molecule has 0 spiro atoms. The van der Waals surface area contributed by atoms with Crippen molar-refractivity contribution in [3.63, 3.8) is 0 Å². The van der Waals surface area contributed by atoms with Crippen molar-refractivity contribution in [2.45, 2.75) is 26.2 Å². The predicted molar refractivity (Wildman–Crippen MR) is 114 cm³/mol. The van der Waals surface area contributed by atoms with E-state index in [2.05, 4.69) is 54.4 Å². The maximum atomic E-state index is 8.90. The second-order valence-electron chi connectivity index (χ2n) is 6.54. The van der Waals surface area contributed by atoms with Gasteiger partial charge in [0.1, 0.15) is 5.75 Å². The van der Waals surface area contributed by atoms with Gasteiger partial charge in [-0.1, -0.05) is 61.9 Å². The van der Waals surface area contributed by atoms with Crippen LogP contribution in [0.4, 0.5) is 0 Å². The van der Waals surface area contributed by atoms with Gasteiger partial charge in [0, 0.05) is 5.56 Å². The number of pyridine rings is 1. The molecule has 3 nitrogen and oxygen atoms in total. The van der Waals surface area contributed by atoms with E-state index in [1.807, 2.05) is 36.4 Å². The maximum Gasteiger partial charge on any atom is 0.137 e. The minimum atomic E-state index is 0.667. The van der Waals surface area contributed by atoms with E-state index in [0.717, 1.165) is 41.0 Å². The van der Waals surface area contributed by atoms with Crippen LogP contribution in [0, 0.1) is 11.3 Å². The Bertz CT molecular complexity index is 934. The lowest BCUT2D eigenvalue weighted by Gasteiger charge is -2.07. The van der Waals surface area contributed by atoms with Crippen molar-refractivity contribution >= 4 is 0 Å². The van der Waals surface area contributed by atoms with Crippen LogP contribution >= 0.6 is 0 Å². The Balaban J connectivity index is 1.60. The number of nitriles is 1. The standard InChI is InChI=1S/C25H24N2O/c1-2-3-4-5-6-17-28-24-15-16-25(27-19-24)23-13-11-22(12-14-23)21-9-7-20(18-26)8-10-21/h4-5,7-16,19H,2-3,6,17H2,1H3. The van der Waals surface area contributed by atoms with Crippen molar-refractivity contribution in [2.75, 3.05) is 6.61 Å². The molecule has 0 unspecified atom stereocenters. The van der Waals surface area contributed by atoms with Crippen LogP contribution in [-0.4, -0.2) is 11.6 Å². The molecule has 1 aromatic heterocycles. The molecule has 0 bridgehead atoms. The summed E-state index contributed by atoms with van der Waals surface area (Å²) in [7, 11) is 0. The fourth-order valence-corrected chi connectivity index (χ4v) is 2.85. The average Bonchev–Trinajstić information content (AvgIpc) is 2.77. The van der Waals surface area contributed by atoms with E-state index in [-0.39, 0.29) is 0 Å².